The molecular weight excluding hydrogens is 270 g/mol. The second kappa shape index (κ2) is 7.00. The molecule has 1 aromatic carbocycles. The zero-order valence-corrected chi connectivity index (χ0v) is 12.6. The van der Waals surface area contributed by atoms with Crippen LogP contribution >= 0.6 is 0 Å². The molecule has 0 aliphatic carbocycles. The predicted octanol–water partition coefficient (Wildman–Crippen LogP) is 2.21. The molecule has 21 heavy (non-hydrogen) atoms. The molecule has 1 fully saturated rings. The molecule has 0 saturated carbocycles. The number of hydrogen-bond acceptors (Lipinski definition) is 5. The molecule has 1 aromatic rings. The number of rotatable bonds is 6. The van der Waals surface area contributed by atoms with Gasteiger partial charge in [0.05, 0.1) is 19.8 Å². The fraction of sp³-hybridized carbons (Fsp3) is 0.625. The molecule has 0 N–H and O–H groups in total. The summed E-state index contributed by atoms with van der Waals surface area (Å²) in [6, 6.07) is 3.91. The van der Waals surface area contributed by atoms with Crippen LogP contribution in [0.1, 0.15) is 18.4 Å². The van der Waals surface area contributed by atoms with Crippen molar-refractivity contribution in [2.24, 2.45) is 0 Å². The first-order valence-corrected chi connectivity index (χ1v) is 7.66. The molecule has 2 heterocycles. The fourth-order valence-electron chi connectivity index (χ4n) is 2.62. The van der Waals surface area contributed by atoms with Gasteiger partial charge >= 0.3 is 0 Å². The van der Waals surface area contributed by atoms with Crippen LogP contribution in [0.5, 0.6) is 17.2 Å². The minimum Gasteiger partial charge on any atom is -0.493 e. The van der Waals surface area contributed by atoms with E-state index in [1.54, 1.807) is 0 Å². The van der Waals surface area contributed by atoms with E-state index in [9.17, 15) is 0 Å². The molecule has 0 unspecified atom stereocenters. The topological polar surface area (TPSA) is 40.2 Å². The van der Waals surface area contributed by atoms with Crippen molar-refractivity contribution in [3.05, 3.63) is 17.7 Å². The molecule has 0 spiro atoms. The van der Waals surface area contributed by atoms with E-state index in [1.807, 2.05) is 19.1 Å². The Balaban J connectivity index is 1.39. The molecule has 116 valence electrons. The van der Waals surface area contributed by atoms with E-state index in [0.717, 1.165) is 75.1 Å². The highest BCUT2D eigenvalue weighted by atomic mass is 16.7. The van der Waals surface area contributed by atoms with Gasteiger partial charge in [-0.15, -0.1) is 0 Å². The number of ether oxygens (including phenoxy) is 4. The van der Waals surface area contributed by atoms with Crippen molar-refractivity contribution >= 4 is 0 Å². The Kier molecular flexibility index (Phi) is 4.83. The van der Waals surface area contributed by atoms with E-state index >= 15 is 0 Å². The minimum atomic E-state index is 0.303. The minimum absolute atomic E-state index is 0.303. The average Bonchev–Trinajstić information content (AvgIpc) is 2.95. The van der Waals surface area contributed by atoms with Crippen LogP contribution in [0, 0.1) is 6.92 Å². The van der Waals surface area contributed by atoms with Crippen LogP contribution < -0.4 is 14.2 Å². The summed E-state index contributed by atoms with van der Waals surface area (Å²) >= 11 is 0. The first kappa shape index (κ1) is 14.5. The highest BCUT2D eigenvalue weighted by Gasteiger charge is 2.16. The predicted molar refractivity (Wildman–Crippen MR) is 79.3 cm³/mol. The summed E-state index contributed by atoms with van der Waals surface area (Å²) in [5, 5.41) is 0. The molecular formula is C16H23NO4. The normalized spacial score (nSPS) is 18.0. The first-order chi connectivity index (χ1) is 10.3. The van der Waals surface area contributed by atoms with Crippen LogP contribution in [0.2, 0.25) is 0 Å². The largest absolute Gasteiger partial charge is 0.493 e. The third-order valence-electron chi connectivity index (χ3n) is 3.90. The zero-order valence-electron chi connectivity index (χ0n) is 12.6. The number of nitrogens with zero attached hydrogens (tertiary/aromatic N) is 1. The van der Waals surface area contributed by atoms with Crippen molar-refractivity contribution in [3.8, 4) is 17.2 Å². The number of morpholine rings is 1. The Morgan fingerprint density at radius 3 is 2.67 bits per heavy atom. The summed E-state index contributed by atoms with van der Waals surface area (Å²) in [7, 11) is 0. The zero-order chi connectivity index (χ0) is 14.5. The highest BCUT2D eigenvalue weighted by molar-refractivity contribution is 5.51. The average molecular weight is 293 g/mol. The summed E-state index contributed by atoms with van der Waals surface area (Å²) in [5.74, 6) is 2.49. The lowest BCUT2D eigenvalue weighted by molar-refractivity contribution is 0.0368. The molecule has 5 nitrogen and oxygen atoms in total. The summed E-state index contributed by atoms with van der Waals surface area (Å²) in [4.78, 5) is 2.45. The van der Waals surface area contributed by atoms with E-state index in [-0.39, 0.29) is 0 Å². The van der Waals surface area contributed by atoms with E-state index in [4.69, 9.17) is 18.9 Å². The quantitative estimate of drug-likeness (QED) is 0.752. The molecule has 0 aromatic heterocycles. The Morgan fingerprint density at radius 1 is 1.10 bits per heavy atom. The molecule has 3 rings (SSSR count). The van der Waals surface area contributed by atoms with Gasteiger partial charge in [0, 0.05) is 19.2 Å². The van der Waals surface area contributed by atoms with Crippen LogP contribution in [-0.4, -0.2) is 51.1 Å². The molecule has 0 amide bonds. The third-order valence-corrected chi connectivity index (χ3v) is 3.90. The van der Waals surface area contributed by atoms with Gasteiger partial charge < -0.3 is 18.9 Å². The van der Waals surface area contributed by atoms with Crippen molar-refractivity contribution < 1.29 is 18.9 Å². The Labute approximate surface area is 125 Å². The van der Waals surface area contributed by atoms with Gasteiger partial charge in [0.15, 0.2) is 11.5 Å². The van der Waals surface area contributed by atoms with Crippen molar-refractivity contribution in [1.29, 1.82) is 0 Å². The maximum atomic E-state index is 5.87. The number of fused-ring (bicyclic) bond motifs is 1. The van der Waals surface area contributed by atoms with Crippen molar-refractivity contribution in [2.45, 2.75) is 19.8 Å². The maximum Gasteiger partial charge on any atom is 0.231 e. The number of benzene rings is 1. The Bertz CT molecular complexity index is 472. The van der Waals surface area contributed by atoms with Crippen molar-refractivity contribution in [2.75, 3.05) is 46.2 Å². The summed E-state index contributed by atoms with van der Waals surface area (Å²) in [6.07, 6.45) is 2.22. The summed E-state index contributed by atoms with van der Waals surface area (Å²) in [6.45, 7) is 8.06. The van der Waals surface area contributed by atoms with Crippen molar-refractivity contribution in [1.82, 2.24) is 4.90 Å². The molecule has 0 atom stereocenters. The Hall–Kier alpha value is -1.46. The second-order valence-electron chi connectivity index (χ2n) is 5.48. The summed E-state index contributed by atoms with van der Waals surface area (Å²) < 4.78 is 22.0. The molecule has 0 bridgehead atoms. The van der Waals surface area contributed by atoms with Gasteiger partial charge in [-0.1, -0.05) is 0 Å². The lowest BCUT2D eigenvalue weighted by Crippen LogP contribution is -2.36. The SMILES string of the molecule is Cc1cc2c(cc1OCCCCN1CCOCC1)OCO2. The maximum absolute atomic E-state index is 5.87. The van der Waals surface area contributed by atoms with Gasteiger partial charge in [-0.05, 0) is 37.9 Å². The number of aryl methyl sites for hydroxylation is 1. The van der Waals surface area contributed by atoms with E-state index < -0.39 is 0 Å². The van der Waals surface area contributed by atoms with Crippen LogP contribution in [0.15, 0.2) is 12.1 Å². The molecule has 1 saturated heterocycles. The molecule has 0 radical (unpaired) electrons. The van der Waals surface area contributed by atoms with Gasteiger partial charge in [0.2, 0.25) is 6.79 Å². The lowest BCUT2D eigenvalue weighted by Gasteiger charge is -2.26. The van der Waals surface area contributed by atoms with Crippen LogP contribution in [0.25, 0.3) is 0 Å². The molecule has 2 aliphatic heterocycles. The van der Waals surface area contributed by atoms with Crippen LogP contribution in [-0.2, 0) is 4.74 Å². The monoisotopic (exact) mass is 293 g/mol. The van der Waals surface area contributed by atoms with Gasteiger partial charge in [0.25, 0.3) is 0 Å². The van der Waals surface area contributed by atoms with Crippen LogP contribution in [0.4, 0.5) is 0 Å². The third kappa shape index (κ3) is 3.80. The highest BCUT2D eigenvalue weighted by Crippen LogP contribution is 2.37. The lowest BCUT2D eigenvalue weighted by atomic mass is 10.2. The van der Waals surface area contributed by atoms with Gasteiger partial charge in [-0.3, -0.25) is 4.90 Å². The molecule has 5 heteroatoms. The van der Waals surface area contributed by atoms with E-state index in [1.165, 1.54) is 0 Å². The first-order valence-electron chi connectivity index (χ1n) is 7.66. The molecule has 2 aliphatic rings. The van der Waals surface area contributed by atoms with Crippen molar-refractivity contribution in [3.63, 3.8) is 0 Å². The van der Waals surface area contributed by atoms with Gasteiger partial charge in [-0.25, -0.2) is 0 Å². The van der Waals surface area contributed by atoms with Gasteiger partial charge in [-0.2, -0.15) is 0 Å². The fourth-order valence-corrected chi connectivity index (χ4v) is 2.62. The second-order valence-corrected chi connectivity index (χ2v) is 5.48. The van der Waals surface area contributed by atoms with E-state index in [2.05, 4.69) is 4.90 Å². The number of hydrogen-bond donors (Lipinski definition) is 0. The standard InChI is InChI=1S/C16H23NO4/c1-13-10-15-16(21-12-20-15)11-14(13)19-7-3-2-4-17-5-8-18-9-6-17/h10-11H,2-9,12H2,1H3. The summed E-state index contributed by atoms with van der Waals surface area (Å²) in [5.41, 5.74) is 1.09. The van der Waals surface area contributed by atoms with Crippen LogP contribution in [0.3, 0.4) is 0 Å². The number of unbranched alkanes of at least 4 members (excludes halogenated alkanes) is 1. The Morgan fingerprint density at radius 2 is 1.86 bits per heavy atom. The smallest absolute Gasteiger partial charge is 0.231 e. The van der Waals surface area contributed by atoms with E-state index in [0.29, 0.717) is 6.79 Å². The van der Waals surface area contributed by atoms with Gasteiger partial charge in [0.1, 0.15) is 5.75 Å².